The summed E-state index contributed by atoms with van der Waals surface area (Å²) in [5.74, 6) is -1.05. The van der Waals surface area contributed by atoms with Crippen molar-refractivity contribution in [3.05, 3.63) is 69.0 Å². The van der Waals surface area contributed by atoms with E-state index in [1.807, 2.05) is 0 Å². The summed E-state index contributed by atoms with van der Waals surface area (Å²) in [5.41, 5.74) is -0.00252. The van der Waals surface area contributed by atoms with Crippen molar-refractivity contribution in [3.63, 3.8) is 0 Å². The summed E-state index contributed by atoms with van der Waals surface area (Å²) >= 11 is 5.94. The number of hydrogen-bond donors (Lipinski definition) is 0. The summed E-state index contributed by atoms with van der Waals surface area (Å²) in [4.78, 5) is 9.97. The van der Waals surface area contributed by atoms with E-state index >= 15 is 0 Å². The van der Waals surface area contributed by atoms with Crippen LogP contribution >= 0.6 is 11.6 Å². The van der Waals surface area contributed by atoms with E-state index in [4.69, 9.17) is 16.3 Å². The van der Waals surface area contributed by atoms with Gasteiger partial charge in [0.25, 0.3) is 0 Å². The molecule has 0 bridgehead atoms. The standard InChI is InChI=1S/C13H9ClFNO3/c14-10-5-2-1-4-9(10)8-19-12-7-3-6-11(15)13(12)16(17)18/h1-7H,8H2. The third-order valence-electron chi connectivity index (χ3n) is 2.47. The second-order valence-corrected chi connectivity index (χ2v) is 4.13. The van der Waals surface area contributed by atoms with Crippen LogP contribution in [-0.4, -0.2) is 4.92 Å². The summed E-state index contributed by atoms with van der Waals surface area (Å²) in [6.45, 7) is 0.0317. The van der Waals surface area contributed by atoms with E-state index in [1.54, 1.807) is 24.3 Å². The lowest BCUT2D eigenvalue weighted by atomic mass is 10.2. The van der Waals surface area contributed by atoms with Gasteiger partial charge in [0.1, 0.15) is 6.61 Å². The van der Waals surface area contributed by atoms with Gasteiger partial charge in [0, 0.05) is 10.6 Å². The van der Waals surface area contributed by atoms with Crippen LogP contribution in [0, 0.1) is 15.9 Å². The van der Waals surface area contributed by atoms with Crippen LogP contribution in [-0.2, 0) is 6.61 Å². The Balaban J connectivity index is 2.23. The lowest BCUT2D eigenvalue weighted by Crippen LogP contribution is -2.01. The smallest absolute Gasteiger partial charge is 0.346 e. The molecule has 98 valence electrons. The van der Waals surface area contributed by atoms with E-state index in [0.29, 0.717) is 10.6 Å². The fourth-order valence-corrected chi connectivity index (χ4v) is 1.75. The highest BCUT2D eigenvalue weighted by Gasteiger charge is 2.21. The molecule has 0 saturated heterocycles. The molecule has 4 nitrogen and oxygen atoms in total. The first-order valence-corrected chi connectivity index (χ1v) is 5.76. The number of nitro groups is 1. The molecule has 0 spiro atoms. The molecule has 0 aliphatic carbocycles. The van der Waals surface area contributed by atoms with Crippen LogP contribution in [0.3, 0.4) is 0 Å². The van der Waals surface area contributed by atoms with Gasteiger partial charge >= 0.3 is 5.69 Å². The maximum atomic E-state index is 13.4. The minimum atomic E-state index is -0.929. The topological polar surface area (TPSA) is 52.4 Å². The lowest BCUT2D eigenvalue weighted by molar-refractivity contribution is -0.388. The lowest BCUT2D eigenvalue weighted by Gasteiger charge is -2.08. The van der Waals surface area contributed by atoms with Crippen LogP contribution in [0.5, 0.6) is 5.75 Å². The van der Waals surface area contributed by atoms with Crippen molar-refractivity contribution in [2.24, 2.45) is 0 Å². The number of hydrogen-bond acceptors (Lipinski definition) is 3. The third-order valence-corrected chi connectivity index (χ3v) is 2.84. The van der Waals surface area contributed by atoms with Crippen molar-refractivity contribution >= 4 is 17.3 Å². The summed E-state index contributed by atoms with van der Waals surface area (Å²) in [7, 11) is 0. The summed E-state index contributed by atoms with van der Waals surface area (Å²) in [6.07, 6.45) is 0. The normalized spacial score (nSPS) is 10.2. The Morgan fingerprint density at radius 2 is 1.95 bits per heavy atom. The molecule has 2 aromatic rings. The van der Waals surface area contributed by atoms with E-state index in [9.17, 15) is 14.5 Å². The molecule has 0 saturated carbocycles. The van der Waals surface area contributed by atoms with Gasteiger partial charge < -0.3 is 4.74 Å². The number of nitro benzene ring substituents is 1. The third kappa shape index (κ3) is 3.00. The highest BCUT2D eigenvalue weighted by Crippen LogP contribution is 2.30. The number of ether oxygens (including phenoxy) is 1. The average molecular weight is 282 g/mol. The summed E-state index contributed by atoms with van der Waals surface area (Å²) < 4.78 is 18.6. The van der Waals surface area contributed by atoms with Crippen LogP contribution in [0.1, 0.15) is 5.56 Å². The molecule has 0 atom stereocenters. The Morgan fingerprint density at radius 3 is 2.63 bits per heavy atom. The van der Waals surface area contributed by atoms with Gasteiger partial charge in [-0.15, -0.1) is 0 Å². The van der Waals surface area contributed by atoms with Gasteiger partial charge in [0.2, 0.25) is 11.6 Å². The quantitative estimate of drug-likeness (QED) is 0.629. The van der Waals surface area contributed by atoms with E-state index in [2.05, 4.69) is 0 Å². The molecular weight excluding hydrogens is 273 g/mol. The Morgan fingerprint density at radius 1 is 1.21 bits per heavy atom. The van der Waals surface area contributed by atoms with E-state index < -0.39 is 16.4 Å². The molecule has 0 aromatic heterocycles. The predicted molar refractivity (Wildman–Crippen MR) is 68.8 cm³/mol. The van der Waals surface area contributed by atoms with Gasteiger partial charge in [-0.1, -0.05) is 35.9 Å². The summed E-state index contributed by atoms with van der Waals surface area (Å²) in [5, 5.41) is 11.3. The Bertz CT molecular complexity index is 619. The van der Waals surface area contributed by atoms with Crippen LogP contribution in [0.25, 0.3) is 0 Å². The minimum absolute atomic E-state index is 0.0317. The Kier molecular flexibility index (Phi) is 3.97. The molecule has 0 amide bonds. The van der Waals surface area contributed by atoms with Crippen LogP contribution < -0.4 is 4.74 Å². The van der Waals surface area contributed by atoms with Crippen molar-refractivity contribution in [1.82, 2.24) is 0 Å². The molecule has 0 aliphatic rings. The molecule has 19 heavy (non-hydrogen) atoms. The molecule has 2 rings (SSSR count). The van der Waals surface area contributed by atoms with Crippen LogP contribution in [0.15, 0.2) is 42.5 Å². The van der Waals surface area contributed by atoms with E-state index in [0.717, 1.165) is 6.07 Å². The van der Waals surface area contributed by atoms with Crippen molar-refractivity contribution in [2.45, 2.75) is 6.61 Å². The fourth-order valence-electron chi connectivity index (χ4n) is 1.56. The maximum Gasteiger partial charge on any atom is 0.346 e. The molecule has 0 unspecified atom stereocenters. The number of rotatable bonds is 4. The molecule has 0 fully saturated rings. The monoisotopic (exact) mass is 281 g/mol. The molecule has 0 aliphatic heterocycles. The van der Waals surface area contributed by atoms with Crippen molar-refractivity contribution in [2.75, 3.05) is 0 Å². The fraction of sp³-hybridized carbons (Fsp3) is 0.0769. The second-order valence-electron chi connectivity index (χ2n) is 3.72. The zero-order valence-corrected chi connectivity index (χ0v) is 10.4. The number of halogens is 2. The van der Waals surface area contributed by atoms with Crippen molar-refractivity contribution in [3.8, 4) is 5.75 Å². The molecule has 0 heterocycles. The molecule has 0 radical (unpaired) electrons. The SMILES string of the molecule is O=[N+]([O-])c1c(F)cccc1OCc1ccccc1Cl. The molecular formula is C13H9ClFNO3. The first-order chi connectivity index (χ1) is 9.09. The zero-order valence-electron chi connectivity index (χ0n) is 9.68. The summed E-state index contributed by atoms with van der Waals surface area (Å²) in [6, 6.07) is 10.7. The minimum Gasteiger partial charge on any atom is -0.482 e. The van der Waals surface area contributed by atoms with Gasteiger partial charge in [-0.3, -0.25) is 10.1 Å². The van der Waals surface area contributed by atoms with Crippen LogP contribution in [0.2, 0.25) is 5.02 Å². The largest absolute Gasteiger partial charge is 0.482 e. The first kappa shape index (κ1) is 13.3. The van der Waals surface area contributed by atoms with Gasteiger partial charge in [0.05, 0.1) is 4.92 Å². The molecule has 2 aromatic carbocycles. The predicted octanol–water partition coefficient (Wildman–Crippen LogP) is 3.97. The van der Waals surface area contributed by atoms with Crippen LogP contribution in [0.4, 0.5) is 10.1 Å². The van der Waals surface area contributed by atoms with E-state index in [-0.39, 0.29) is 12.4 Å². The number of para-hydroxylation sites is 1. The van der Waals surface area contributed by atoms with Crippen molar-refractivity contribution in [1.29, 1.82) is 0 Å². The van der Waals surface area contributed by atoms with Gasteiger partial charge in [-0.2, -0.15) is 4.39 Å². The van der Waals surface area contributed by atoms with Gasteiger partial charge in [-0.05, 0) is 18.2 Å². The van der Waals surface area contributed by atoms with Gasteiger partial charge in [0.15, 0.2) is 0 Å². The van der Waals surface area contributed by atoms with Gasteiger partial charge in [-0.25, -0.2) is 0 Å². The number of benzene rings is 2. The Labute approximate surface area is 113 Å². The highest BCUT2D eigenvalue weighted by atomic mass is 35.5. The number of nitrogens with zero attached hydrogens (tertiary/aromatic N) is 1. The van der Waals surface area contributed by atoms with E-state index in [1.165, 1.54) is 12.1 Å². The highest BCUT2D eigenvalue weighted by molar-refractivity contribution is 6.31. The Hall–Kier alpha value is -2.14. The maximum absolute atomic E-state index is 13.4. The van der Waals surface area contributed by atoms with Crippen molar-refractivity contribution < 1.29 is 14.1 Å². The average Bonchev–Trinajstić information content (AvgIpc) is 2.37. The molecule has 0 N–H and O–H groups in total. The first-order valence-electron chi connectivity index (χ1n) is 5.38. The molecule has 6 heteroatoms. The second kappa shape index (κ2) is 5.67. The zero-order chi connectivity index (χ0) is 13.8.